The van der Waals surface area contributed by atoms with E-state index in [9.17, 15) is 33.2 Å². The molecule has 0 aliphatic heterocycles. The van der Waals surface area contributed by atoms with Crippen LogP contribution in [0.1, 0.15) is 18.1 Å². The van der Waals surface area contributed by atoms with Crippen LogP contribution < -0.4 is 14.2 Å². The van der Waals surface area contributed by atoms with Gasteiger partial charge in [0.05, 0.1) is 10.5 Å². The molecule has 40 heavy (non-hydrogen) atoms. The van der Waals surface area contributed by atoms with E-state index in [2.05, 4.69) is 4.98 Å². The molecule has 4 rings (SSSR count). The number of nitrogens with zero attached hydrogens (tertiary/aromatic N) is 2. The zero-order chi connectivity index (χ0) is 29.1. The Labute approximate surface area is 229 Å². The Morgan fingerprint density at radius 3 is 1.95 bits per heavy atom. The van der Waals surface area contributed by atoms with Crippen molar-refractivity contribution in [1.29, 1.82) is 0 Å². The molecule has 1 aromatic heterocycles. The molecule has 0 spiro atoms. The van der Waals surface area contributed by atoms with Crippen LogP contribution in [0.25, 0.3) is 0 Å². The van der Waals surface area contributed by atoms with E-state index in [1.54, 1.807) is 0 Å². The third-order valence-electron chi connectivity index (χ3n) is 5.60. The third-order valence-corrected chi connectivity index (χ3v) is 5.90. The van der Waals surface area contributed by atoms with E-state index >= 15 is 0 Å². The van der Waals surface area contributed by atoms with Gasteiger partial charge in [-0.3, -0.25) is 10.1 Å². The molecule has 206 valence electrons. The minimum atomic E-state index is -4.52. The third kappa shape index (κ3) is 6.41. The summed E-state index contributed by atoms with van der Waals surface area (Å²) in [6, 6.07) is 17.6. The summed E-state index contributed by atoms with van der Waals surface area (Å²) in [5.74, 6) is -0.356. The van der Waals surface area contributed by atoms with Crippen LogP contribution in [0, 0.1) is 10.1 Å². The van der Waals surface area contributed by atoms with Crippen molar-refractivity contribution in [3.05, 3.63) is 111 Å². The summed E-state index contributed by atoms with van der Waals surface area (Å²) in [6.07, 6.45) is -3.86. The maximum absolute atomic E-state index is 12.7. The predicted octanol–water partition coefficient (Wildman–Crippen LogP) is 7.63. The van der Waals surface area contributed by atoms with E-state index in [1.165, 1.54) is 73.7 Å². The Morgan fingerprint density at radius 1 is 0.875 bits per heavy atom. The van der Waals surface area contributed by atoms with Crippen LogP contribution in [0.2, 0.25) is 5.02 Å². The van der Waals surface area contributed by atoms with Crippen LogP contribution in [0.15, 0.2) is 85.1 Å². The van der Waals surface area contributed by atoms with Crippen molar-refractivity contribution in [3.8, 4) is 28.9 Å². The molecular weight excluding hydrogens is 557 g/mol. The minimum Gasteiger partial charge on any atom is -0.478 e. The number of pyridine rings is 1. The van der Waals surface area contributed by atoms with Crippen molar-refractivity contribution in [3.63, 3.8) is 0 Å². The summed E-state index contributed by atoms with van der Waals surface area (Å²) in [7, 11) is 0. The molecular formula is C27H18ClF3N2O7. The first kappa shape index (κ1) is 28.2. The van der Waals surface area contributed by atoms with Crippen LogP contribution in [-0.2, 0) is 16.6 Å². The number of rotatable bonds is 9. The number of nitro groups is 1. The first-order valence-corrected chi connectivity index (χ1v) is 11.7. The number of halogens is 4. The summed E-state index contributed by atoms with van der Waals surface area (Å²) in [6.45, 7) is 1.36. The normalized spacial score (nSPS) is 12.7. The molecule has 0 bridgehead atoms. The monoisotopic (exact) mass is 574 g/mol. The lowest BCUT2D eigenvalue weighted by Crippen LogP contribution is -2.38. The highest BCUT2D eigenvalue weighted by atomic mass is 35.5. The number of hydrogen-bond donors (Lipinski definition) is 1. The Hall–Kier alpha value is -4.84. The Kier molecular flexibility index (Phi) is 7.82. The van der Waals surface area contributed by atoms with E-state index in [-0.39, 0.29) is 39.4 Å². The van der Waals surface area contributed by atoms with Crippen LogP contribution in [0.4, 0.5) is 18.9 Å². The molecule has 0 radical (unpaired) electrons. The molecule has 9 nitrogen and oxygen atoms in total. The second-order valence-electron chi connectivity index (χ2n) is 8.39. The summed E-state index contributed by atoms with van der Waals surface area (Å²) in [5, 5.41) is 20.8. The molecule has 1 heterocycles. The van der Waals surface area contributed by atoms with Gasteiger partial charge >= 0.3 is 12.1 Å². The second-order valence-corrected chi connectivity index (χ2v) is 8.80. The SMILES string of the molecule is CC(Oc1ccc(Oc2ccc(C(F)(F)F)cn2)cc1)(C(=O)O)c1ccc(Oc2ccc([N+](=O)[O-])c(Cl)c2)cc1. The molecule has 0 aliphatic rings. The number of carboxylic acid groups (broad SMARTS) is 1. The zero-order valence-electron chi connectivity index (χ0n) is 20.4. The van der Waals surface area contributed by atoms with E-state index in [0.29, 0.717) is 11.9 Å². The number of aromatic nitrogens is 1. The van der Waals surface area contributed by atoms with Gasteiger partial charge in [-0.05, 0) is 55.5 Å². The quantitative estimate of drug-likeness (QED) is 0.160. The second kappa shape index (κ2) is 11.1. The molecule has 4 aromatic rings. The van der Waals surface area contributed by atoms with Gasteiger partial charge in [0.1, 0.15) is 28.0 Å². The van der Waals surface area contributed by atoms with Crippen molar-refractivity contribution >= 4 is 23.3 Å². The zero-order valence-corrected chi connectivity index (χ0v) is 21.1. The number of alkyl halides is 3. The van der Waals surface area contributed by atoms with Gasteiger partial charge in [-0.2, -0.15) is 13.2 Å². The molecule has 1 N–H and O–H groups in total. The molecule has 13 heteroatoms. The minimum absolute atomic E-state index is 0.0599. The molecule has 0 aliphatic carbocycles. The smallest absolute Gasteiger partial charge is 0.417 e. The van der Waals surface area contributed by atoms with Crippen molar-refractivity contribution in [1.82, 2.24) is 4.98 Å². The van der Waals surface area contributed by atoms with E-state index < -0.39 is 28.2 Å². The lowest BCUT2D eigenvalue weighted by molar-refractivity contribution is -0.384. The van der Waals surface area contributed by atoms with Crippen LogP contribution in [-0.4, -0.2) is 21.0 Å². The van der Waals surface area contributed by atoms with Gasteiger partial charge in [0.15, 0.2) is 0 Å². The van der Waals surface area contributed by atoms with Crippen LogP contribution >= 0.6 is 11.6 Å². The van der Waals surface area contributed by atoms with Crippen molar-refractivity contribution in [2.24, 2.45) is 0 Å². The van der Waals surface area contributed by atoms with E-state index in [4.69, 9.17) is 25.8 Å². The van der Waals surface area contributed by atoms with Gasteiger partial charge in [0, 0.05) is 30.0 Å². The molecule has 3 aromatic carbocycles. The van der Waals surface area contributed by atoms with Crippen molar-refractivity contribution < 1.29 is 42.2 Å². The number of aliphatic carboxylic acids is 1. The van der Waals surface area contributed by atoms with E-state index in [1.807, 2.05) is 0 Å². The Bertz CT molecular complexity index is 1530. The first-order valence-electron chi connectivity index (χ1n) is 11.3. The number of benzene rings is 3. The molecule has 0 fully saturated rings. The van der Waals surface area contributed by atoms with Crippen molar-refractivity contribution in [2.45, 2.75) is 18.7 Å². The highest BCUT2D eigenvalue weighted by molar-refractivity contribution is 6.32. The fourth-order valence-electron chi connectivity index (χ4n) is 3.44. The molecule has 0 saturated carbocycles. The number of nitro benzene ring substituents is 1. The number of carboxylic acids is 1. The summed E-state index contributed by atoms with van der Waals surface area (Å²) in [4.78, 5) is 26.1. The summed E-state index contributed by atoms with van der Waals surface area (Å²) >= 11 is 5.91. The van der Waals surface area contributed by atoms with Crippen LogP contribution in [0.3, 0.4) is 0 Å². The van der Waals surface area contributed by atoms with E-state index in [0.717, 1.165) is 12.1 Å². The molecule has 1 unspecified atom stereocenters. The van der Waals surface area contributed by atoms with Gasteiger partial charge in [-0.1, -0.05) is 23.7 Å². The highest BCUT2D eigenvalue weighted by Crippen LogP contribution is 2.35. The van der Waals surface area contributed by atoms with Gasteiger partial charge in [0.25, 0.3) is 5.69 Å². The van der Waals surface area contributed by atoms with Crippen molar-refractivity contribution in [2.75, 3.05) is 0 Å². The lowest BCUT2D eigenvalue weighted by Gasteiger charge is -2.27. The van der Waals surface area contributed by atoms with Gasteiger partial charge in [-0.25, -0.2) is 9.78 Å². The van der Waals surface area contributed by atoms with Gasteiger partial charge < -0.3 is 19.3 Å². The Balaban J connectivity index is 1.45. The number of ether oxygens (including phenoxy) is 3. The first-order chi connectivity index (χ1) is 18.8. The summed E-state index contributed by atoms with van der Waals surface area (Å²) < 4.78 is 55.0. The maximum atomic E-state index is 12.7. The Morgan fingerprint density at radius 2 is 1.43 bits per heavy atom. The van der Waals surface area contributed by atoms with Crippen LogP contribution in [0.5, 0.6) is 28.9 Å². The molecule has 0 saturated heterocycles. The standard InChI is InChI=1S/C27H18ClF3N2O7/c1-26(25(34)35,16-2-5-18(6-3-16)38-21-11-12-23(33(36)37)22(28)14-21)40-20-9-7-19(8-10-20)39-24-13-4-17(15-32-24)27(29,30)31/h2-15H,1H3,(H,34,35). The number of hydrogen-bond acceptors (Lipinski definition) is 7. The lowest BCUT2D eigenvalue weighted by atomic mass is 9.95. The largest absolute Gasteiger partial charge is 0.478 e. The fourth-order valence-corrected chi connectivity index (χ4v) is 3.68. The molecule has 1 atom stereocenters. The number of carbonyl (C=O) groups is 1. The van der Waals surface area contributed by atoms with Gasteiger partial charge in [0.2, 0.25) is 11.5 Å². The maximum Gasteiger partial charge on any atom is 0.417 e. The average Bonchev–Trinajstić information content (AvgIpc) is 2.90. The average molecular weight is 575 g/mol. The highest BCUT2D eigenvalue weighted by Gasteiger charge is 2.38. The summed E-state index contributed by atoms with van der Waals surface area (Å²) in [5.41, 5.74) is -2.71. The fraction of sp³-hybridized carbons (Fsp3) is 0.111. The predicted molar refractivity (Wildman–Crippen MR) is 136 cm³/mol. The molecule has 0 amide bonds. The topological polar surface area (TPSA) is 121 Å². The van der Waals surface area contributed by atoms with Gasteiger partial charge in [-0.15, -0.1) is 0 Å².